The van der Waals surface area contributed by atoms with E-state index in [1.54, 1.807) is 6.92 Å². The first-order valence-corrected chi connectivity index (χ1v) is 6.15. The summed E-state index contributed by atoms with van der Waals surface area (Å²) in [5.41, 5.74) is 0.960. The summed E-state index contributed by atoms with van der Waals surface area (Å²) in [6, 6.07) is 0. The normalized spacial score (nSPS) is 20.2. The van der Waals surface area contributed by atoms with Crippen LogP contribution in [0.5, 0.6) is 0 Å². The number of ether oxygens (including phenoxy) is 1. The number of aliphatic hydroxyl groups excluding tert-OH is 1. The van der Waals surface area contributed by atoms with E-state index in [4.69, 9.17) is 4.74 Å². The SMILES string of the molecule is C=C(C)C[C@H](C)[C@@H](O)[C@H](C)C(=O)N1CCOC1=O. The van der Waals surface area contributed by atoms with Gasteiger partial charge >= 0.3 is 6.09 Å². The molecule has 3 atom stereocenters. The van der Waals surface area contributed by atoms with Crippen LogP contribution in [0.25, 0.3) is 0 Å². The van der Waals surface area contributed by atoms with Crippen LogP contribution in [-0.4, -0.2) is 41.3 Å². The van der Waals surface area contributed by atoms with Gasteiger partial charge in [-0.25, -0.2) is 9.69 Å². The Bertz CT molecular complexity index is 353. The molecule has 0 spiro atoms. The number of hydrogen-bond donors (Lipinski definition) is 1. The number of aliphatic hydroxyl groups is 1. The van der Waals surface area contributed by atoms with Gasteiger partial charge in [0.25, 0.3) is 0 Å². The molecule has 18 heavy (non-hydrogen) atoms. The Balaban J connectivity index is 2.62. The third-order valence-corrected chi connectivity index (χ3v) is 3.18. The Morgan fingerprint density at radius 1 is 1.56 bits per heavy atom. The van der Waals surface area contributed by atoms with Crippen molar-refractivity contribution in [2.75, 3.05) is 13.2 Å². The highest BCUT2D eigenvalue weighted by Crippen LogP contribution is 2.22. The summed E-state index contributed by atoms with van der Waals surface area (Å²) in [6.45, 7) is 9.67. The molecule has 5 nitrogen and oxygen atoms in total. The van der Waals surface area contributed by atoms with E-state index >= 15 is 0 Å². The van der Waals surface area contributed by atoms with Crippen LogP contribution in [0, 0.1) is 11.8 Å². The molecule has 0 aromatic carbocycles. The summed E-state index contributed by atoms with van der Waals surface area (Å²) in [6.07, 6.45) is -0.752. The van der Waals surface area contributed by atoms with E-state index in [1.807, 2.05) is 13.8 Å². The highest BCUT2D eigenvalue weighted by atomic mass is 16.6. The maximum Gasteiger partial charge on any atom is 0.416 e. The fraction of sp³-hybridized carbons (Fsp3) is 0.692. The van der Waals surface area contributed by atoms with Crippen molar-refractivity contribution in [2.45, 2.75) is 33.3 Å². The molecule has 0 bridgehead atoms. The fourth-order valence-electron chi connectivity index (χ4n) is 2.15. The Morgan fingerprint density at radius 2 is 2.17 bits per heavy atom. The second-order valence-electron chi connectivity index (χ2n) is 5.02. The van der Waals surface area contributed by atoms with Crippen molar-refractivity contribution in [3.63, 3.8) is 0 Å². The zero-order valence-electron chi connectivity index (χ0n) is 11.2. The molecule has 2 amide bonds. The summed E-state index contributed by atoms with van der Waals surface area (Å²) in [4.78, 5) is 24.4. The number of cyclic esters (lactones) is 1. The maximum absolute atomic E-state index is 12.0. The number of allylic oxidation sites excluding steroid dienone is 1. The molecule has 1 heterocycles. The Kier molecular flexibility index (Phi) is 4.90. The molecule has 1 saturated heterocycles. The number of rotatable bonds is 5. The first-order chi connectivity index (χ1) is 8.34. The molecule has 1 aliphatic rings. The van der Waals surface area contributed by atoms with Gasteiger partial charge in [-0.3, -0.25) is 4.79 Å². The maximum atomic E-state index is 12.0. The monoisotopic (exact) mass is 255 g/mol. The standard InChI is InChI=1S/C13H21NO4/c1-8(2)7-9(3)11(15)10(4)12(16)14-5-6-18-13(14)17/h9-11,15H,1,5-7H2,2-4H3/t9-,10-,11+/m0/s1. The third kappa shape index (κ3) is 3.32. The molecule has 0 unspecified atom stereocenters. The molecular weight excluding hydrogens is 234 g/mol. The zero-order valence-corrected chi connectivity index (χ0v) is 11.2. The van der Waals surface area contributed by atoms with Crippen molar-refractivity contribution in [1.29, 1.82) is 0 Å². The van der Waals surface area contributed by atoms with Gasteiger partial charge in [-0.05, 0) is 19.3 Å². The van der Waals surface area contributed by atoms with E-state index in [2.05, 4.69) is 6.58 Å². The van der Waals surface area contributed by atoms with Crippen LogP contribution in [-0.2, 0) is 9.53 Å². The Morgan fingerprint density at radius 3 is 2.61 bits per heavy atom. The highest BCUT2D eigenvalue weighted by Gasteiger charge is 2.35. The fourth-order valence-corrected chi connectivity index (χ4v) is 2.15. The lowest BCUT2D eigenvalue weighted by Gasteiger charge is -2.26. The zero-order chi connectivity index (χ0) is 13.9. The van der Waals surface area contributed by atoms with Gasteiger partial charge in [0.2, 0.25) is 5.91 Å². The molecule has 0 aliphatic carbocycles. The van der Waals surface area contributed by atoms with Gasteiger partial charge < -0.3 is 9.84 Å². The van der Waals surface area contributed by atoms with Crippen molar-refractivity contribution in [3.05, 3.63) is 12.2 Å². The Hall–Kier alpha value is -1.36. The van der Waals surface area contributed by atoms with Crippen molar-refractivity contribution < 1.29 is 19.4 Å². The second kappa shape index (κ2) is 6.00. The molecule has 5 heteroatoms. The van der Waals surface area contributed by atoms with Crippen LogP contribution in [0.1, 0.15) is 27.2 Å². The van der Waals surface area contributed by atoms with Gasteiger partial charge in [0.15, 0.2) is 0 Å². The summed E-state index contributed by atoms with van der Waals surface area (Å²) in [7, 11) is 0. The summed E-state index contributed by atoms with van der Waals surface area (Å²) >= 11 is 0. The summed E-state index contributed by atoms with van der Waals surface area (Å²) in [5.74, 6) is -1.07. The highest BCUT2D eigenvalue weighted by molar-refractivity contribution is 5.94. The summed E-state index contributed by atoms with van der Waals surface area (Å²) < 4.78 is 4.71. The number of carbonyl (C=O) groups is 2. The van der Waals surface area contributed by atoms with Gasteiger partial charge in [0, 0.05) is 0 Å². The number of hydrogen-bond acceptors (Lipinski definition) is 4. The van der Waals surface area contributed by atoms with Gasteiger partial charge in [0.1, 0.15) is 6.61 Å². The van der Waals surface area contributed by atoms with Crippen LogP contribution in [0.4, 0.5) is 4.79 Å². The average molecular weight is 255 g/mol. The lowest BCUT2D eigenvalue weighted by atomic mass is 9.88. The van der Waals surface area contributed by atoms with E-state index in [9.17, 15) is 14.7 Å². The van der Waals surface area contributed by atoms with Crippen molar-refractivity contribution in [1.82, 2.24) is 4.90 Å². The van der Waals surface area contributed by atoms with Gasteiger partial charge in [0.05, 0.1) is 18.6 Å². The number of carbonyl (C=O) groups excluding carboxylic acids is 2. The van der Waals surface area contributed by atoms with E-state index in [-0.39, 0.29) is 25.0 Å². The quantitative estimate of drug-likeness (QED) is 0.757. The molecule has 0 aromatic heterocycles. The van der Waals surface area contributed by atoms with Gasteiger partial charge in [-0.1, -0.05) is 19.4 Å². The van der Waals surface area contributed by atoms with Crippen LogP contribution < -0.4 is 0 Å². The molecule has 1 fully saturated rings. The first-order valence-electron chi connectivity index (χ1n) is 6.15. The summed E-state index contributed by atoms with van der Waals surface area (Å²) in [5, 5.41) is 10.1. The number of amides is 2. The minimum Gasteiger partial charge on any atom is -0.447 e. The van der Waals surface area contributed by atoms with Crippen LogP contribution >= 0.6 is 0 Å². The smallest absolute Gasteiger partial charge is 0.416 e. The van der Waals surface area contributed by atoms with Crippen LogP contribution in [0.2, 0.25) is 0 Å². The first kappa shape index (κ1) is 14.7. The van der Waals surface area contributed by atoms with E-state index in [0.717, 1.165) is 10.5 Å². The molecule has 1 rings (SSSR count). The third-order valence-electron chi connectivity index (χ3n) is 3.18. The number of nitrogens with zero attached hydrogens (tertiary/aromatic N) is 1. The molecular formula is C13H21NO4. The van der Waals surface area contributed by atoms with Gasteiger partial charge in [-0.15, -0.1) is 6.58 Å². The molecule has 0 saturated carbocycles. The van der Waals surface area contributed by atoms with E-state index in [1.165, 1.54) is 0 Å². The lowest BCUT2D eigenvalue weighted by molar-refractivity contribution is -0.136. The van der Waals surface area contributed by atoms with Crippen molar-refractivity contribution >= 4 is 12.0 Å². The van der Waals surface area contributed by atoms with Gasteiger partial charge in [-0.2, -0.15) is 0 Å². The van der Waals surface area contributed by atoms with E-state index in [0.29, 0.717) is 6.42 Å². The Labute approximate surface area is 107 Å². The van der Waals surface area contributed by atoms with Crippen LogP contribution in [0.15, 0.2) is 12.2 Å². The average Bonchev–Trinajstić information content (AvgIpc) is 2.71. The predicted octanol–water partition coefficient (Wildman–Crippen LogP) is 1.56. The second-order valence-corrected chi connectivity index (χ2v) is 5.02. The topological polar surface area (TPSA) is 66.8 Å². The largest absolute Gasteiger partial charge is 0.447 e. The van der Waals surface area contributed by atoms with Crippen LogP contribution in [0.3, 0.4) is 0 Å². The minimum atomic E-state index is -0.789. The molecule has 102 valence electrons. The predicted molar refractivity (Wildman–Crippen MR) is 66.8 cm³/mol. The van der Waals surface area contributed by atoms with E-state index < -0.39 is 18.1 Å². The molecule has 1 aliphatic heterocycles. The molecule has 0 aromatic rings. The minimum absolute atomic E-state index is 0.0694. The molecule has 1 N–H and O–H groups in total. The number of imide groups is 1. The van der Waals surface area contributed by atoms with Crippen molar-refractivity contribution in [3.8, 4) is 0 Å². The molecule has 0 radical (unpaired) electrons. The lowest BCUT2D eigenvalue weighted by Crippen LogP contribution is -2.42. The van der Waals surface area contributed by atoms with Crippen molar-refractivity contribution in [2.24, 2.45) is 11.8 Å².